The van der Waals surface area contributed by atoms with Gasteiger partial charge in [-0.05, 0) is 30.2 Å². The fourth-order valence-corrected chi connectivity index (χ4v) is 3.22. The van der Waals surface area contributed by atoms with Crippen molar-refractivity contribution in [1.82, 2.24) is 19.7 Å². The second kappa shape index (κ2) is 6.77. The summed E-state index contributed by atoms with van der Waals surface area (Å²) in [5, 5.41) is 6.13. The van der Waals surface area contributed by atoms with E-state index in [9.17, 15) is 0 Å². The third kappa shape index (κ3) is 3.02. The average molecular weight is 364 g/mol. The number of aryl methyl sites for hydroxylation is 1. The molecule has 0 saturated heterocycles. The summed E-state index contributed by atoms with van der Waals surface area (Å²) in [6.07, 6.45) is 3.39. The highest BCUT2D eigenvalue weighted by atomic mass is 35.5. The number of aromatic nitrogens is 4. The van der Waals surface area contributed by atoms with Gasteiger partial charge in [0.25, 0.3) is 0 Å². The van der Waals surface area contributed by atoms with Crippen LogP contribution in [0.3, 0.4) is 0 Å². The molecule has 0 aliphatic heterocycles. The normalized spacial score (nSPS) is 11.0. The lowest BCUT2D eigenvalue weighted by Gasteiger charge is -2.18. The lowest BCUT2D eigenvalue weighted by molar-refractivity contribution is 0.881. The Morgan fingerprint density at radius 3 is 2.69 bits per heavy atom. The number of halogens is 1. The van der Waals surface area contributed by atoms with Gasteiger partial charge in [-0.3, -0.25) is 0 Å². The summed E-state index contributed by atoms with van der Waals surface area (Å²) in [5.41, 5.74) is 3.99. The number of benzene rings is 2. The maximum Gasteiger partial charge on any atom is 0.168 e. The van der Waals surface area contributed by atoms with Gasteiger partial charge in [0.1, 0.15) is 12.1 Å². The molecule has 2 aromatic heterocycles. The van der Waals surface area contributed by atoms with Gasteiger partial charge in [-0.15, -0.1) is 0 Å². The lowest BCUT2D eigenvalue weighted by Crippen LogP contribution is -2.18. The Hall–Kier alpha value is -2.92. The van der Waals surface area contributed by atoms with E-state index in [1.54, 1.807) is 6.33 Å². The van der Waals surface area contributed by atoms with Gasteiger partial charge in [0.2, 0.25) is 0 Å². The van der Waals surface area contributed by atoms with Crippen molar-refractivity contribution in [3.63, 3.8) is 0 Å². The van der Waals surface area contributed by atoms with Crippen LogP contribution in [0.2, 0.25) is 5.02 Å². The summed E-state index contributed by atoms with van der Waals surface area (Å²) in [6, 6.07) is 16.1. The van der Waals surface area contributed by atoms with Crippen molar-refractivity contribution in [2.75, 3.05) is 11.9 Å². The van der Waals surface area contributed by atoms with E-state index in [-0.39, 0.29) is 0 Å². The van der Waals surface area contributed by atoms with Crippen LogP contribution in [0.5, 0.6) is 0 Å². The highest BCUT2D eigenvalue weighted by molar-refractivity contribution is 6.30. The van der Waals surface area contributed by atoms with Crippen LogP contribution in [0.1, 0.15) is 11.1 Å². The largest absolute Gasteiger partial charge is 0.355 e. The van der Waals surface area contributed by atoms with Crippen molar-refractivity contribution in [3.8, 4) is 5.69 Å². The standard InChI is InChI=1S/C20H18ClN5/c1-14-8-9-16(21)10-18(14)26-20-17(11-24-26)19(22-13-23-20)25(2)12-15-6-4-3-5-7-15/h3-11,13H,12H2,1-2H3. The van der Waals surface area contributed by atoms with Crippen LogP contribution in [0, 0.1) is 6.92 Å². The van der Waals surface area contributed by atoms with Crippen LogP contribution in [-0.2, 0) is 6.54 Å². The Morgan fingerprint density at radius 1 is 1.08 bits per heavy atom. The Balaban J connectivity index is 1.77. The first-order valence-electron chi connectivity index (χ1n) is 8.34. The number of anilines is 1. The summed E-state index contributed by atoms with van der Waals surface area (Å²) in [4.78, 5) is 11.1. The molecule has 0 amide bonds. The third-order valence-electron chi connectivity index (χ3n) is 4.37. The van der Waals surface area contributed by atoms with Gasteiger partial charge in [0.15, 0.2) is 5.65 Å². The van der Waals surface area contributed by atoms with Gasteiger partial charge >= 0.3 is 0 Å². The van der Waals surface area contributed by atoms with Crippen molar-refractivity contribution < 1.29 is 0 Å². The van der Waals surface area contributed by atoms with Crippen molar-refractivity contribution in [2.45, 2.75) is 13.5 Å². The molecule has 2 aromatic carbocycles. The fraction of sp³-hybridized carbons (Fsp3) is 0.150. The quantitative estimate of drug-likeness (QED) is 0.538. The van der Waals surface area contributed by atoms with Crippen molar-refractivity contribution in [1.29, 1.82) is 0 Å². The first-order chi connectivity index (χ1) is 12.6. The second-order valence-corrected chi connectivity index (χ2v) is 6.70. The van der Waals surface area contributed by atoms with Gasteiger partial charge < -0.3 is 4.90 Å². The molecule has 2 heterocycles. The minimum atomic E-state index is 0.671. The van der Waals surface area contributed by atoms with Crippen LogP contribution in [0.4, 0.5) is 5.82 Å². The fourth-order valence-electron chi connectivity index (χ4n) is 3.06. The smallest absolute Gasteiger partial charge is 0.168 e. The number of hydrogen-bond donors (Lipinski definition) is 0. The Morgan fingerprint density at radius 2 is 1.88 bits per heavy atom. The van der Waals surface area contributed by atoms with Crippen LogP contribution in [0.25, 0.3) is 16.7 Å². The summed E-state index contributed by atoms with van der Waals surface area (Å²) >= 11 is 6.17. The molecule has 0 atom stereocenters. The molecule has 0 unspecified atom stereocenters. The summed E-state index contributed by atoms with van der Waals surface area (Å²) < 4.78 is 1.82. The number of nitrogens with zero attached hydrogens (tertiary/aromatic N) is 5. The van der Waals surface area contributed by atoms with Gasteiger partial charge in [-0.25, -0.2) is 14.6 Å². The zero-order valence-corrected chi connectivity index (χ0v) is 15.4. The van der Waals surface area contributed by atoms with Crippen molar-refractivity contribution >= 4 is 28.5 Å². The summed E-state index contributed by atoms with van der Waals surface area (Å²) in [7, 11) is 2.02. The van der Waals surface area contributed by atoms with E-state index in [0.29, 0.717) is 5.02 Å². The zero-order chi connectivity index (χ0) is 18.1. The molecular weight excluding hydrogens is 346 g/mol. The lowest BCUT2D eigenvalue weighted by atomic mass is 10.2. The topological polar surface area (TPSA) is 46.8 Å². The Kier molecular flexibility index (Phi) is 4.31. The van der Waals surface area contributed by atoms with Gasteiger partial charge in [0, 0.05) is 18.6 Å². The molecular formula is C20H18ClN5. The van der Waals surface area contributed by atoms with E-state index >= 15 is 0 Å². The Bertz CT molecular complexity index is 1060. The van der Waals surface area contributed by atoms with Gasteiger partial charge in [-0.1, -0.05) is 48.0 Å². The van der Waals surface area contributed by atoms with Gasteiger partial charge in [-0.2, -0.15) is 5.10 Å². The minimum absolute atomic E-state index is 0.671. The van der Waals surface area contributed by atoms with Crippen LogP contribution >= 0.6 is 11.6 Å². The molecule has 0 aliphatic rings. The number of rotatable bonds is 4. The molecule has 130 valence electrons. The molecule has 6 heteroatoms. The van der Waals surface area contributed by atoms with Crippen LogP contribution in [0.15, 0.2) is 61.1 Å². The van der Waals surface area contributed by atoms with E-state index in [1.165, 1.54) is 5.56 Å². The van der Waals surface area contributed by atoms with E-state index < -0.39 is 0 Å². The molecule has 0 saturated carbocycles. The first-order valence-corrected chi connectivity index (χ1v) is 8.71. The average Bonchev–Trinajstić information content (AvgIpc) is 3.08. The van der Waals surface area contributed by atoms with Crippen molar-refractivity contribution in [3.05, 3.63) is 77.2 Å². The van der Waals surface area contributed by atoms with E-state index in [1.807, 2.05) is 61.2 Å². The Labute approximate surface area is 156 Å². The molecule has 4 aromatic rings. The SMILES string of the molecule is Cc1ccc(Cl)cc1-n1ncc2c(N(C)Cc3ccccc3)ncnc21. The number of hydrogen-bond acceptors (Lipinski definition) is 4. The molecule has 0 N–H and O–H groups in total. The summed E-state index contributed by atoms with van der Waals surface area (Å²) in [5.74, 6) is 0.852. The molecule has 5 nitrogen and oxygen atoms in total. The number of fused-ring (bicyclic) bond motifs is 1. The van der Waals surface area contributed by atoms with Gasteiger partial charge in [0.05, 0.1) is 17.3 Å². The van der Waals surface area contributed by atoms with Crippen LogP contribution in [-0.4, -0.2) is 26.8 Å². The summed E-state index contributed by atoms with van der Waals surface area (Å²) in [6.45, 7) is 2.79. The molecule has 26 heavy (non-hydrogen) atoms. The predicted molar refractivity (Wildman–Crippen MR) is 105 cm³/mol. The van der Waals surface area contributed by atoms with Crippen molar-refractivity contribution in [2.24, 2.45) is 0 Å². The molecule has 0 radical (unpaired) electrons. The molecule has 0 spiro atoms. The highest BCUT2D eigenvalue weighted by Gasteiger charge is 2.15. The van der Waals surface area contributed by atoms with E-state index in [0.717, 1.165) is 34.6 Å². The molecule has 0 fully saturated rings. The zero-order valence-electron chi connectivity index (χ0n) is 14.6. The monoisotopic (exact) mass is 363 g/mol. The minimum Gasteiger partial charge on any atom is -0.355 e. The second-order valence-electron chi connectivity index (χ2n) is 6.26. The predicted octanol–water partition coefficient (Wildman–Crippen LogP) is 4.41. The maximum absolute atomic E-state index is 6.17. The molecule has 0 aliphatic carbocycles. The highest BCUT2D eigenvalue weighted by Crippen LogP contribution is 2.27. The van der Waals surface area contributed by atoms with E-state index in [2.05, 4.69) is 32.1 Å². The molecule has 4 rings (SSSR count). The third-order valence-corrected chi connectivity index (χ3v) is 4.60. The first kappa shape index (κ1) is 16.5. The van der Waals surface area contributed by atoms with Crippen LogP contribution < -0.4 is 4.90 Å². The molecule has 0 bridgehead atoms. The van der Waals surface area contributed by atoms with E-state index in [4.69, 9.17) is 11.6 Å². The maximum atomic E-state index is 6.17.